The average molecular weight is 219 g/mol. The first-order valence-corrected chi connectivity index (χ1v) is 4.75. The van der Waals surface area contributed by atoms with Crippen LogP contribution in [-0.4, -0.2) is 43.5 Å². The summed E-state index contributed by atoms with van der Waals surface area (Å²) in [5.74, 6) is -0.345. The van der Waals surface area contributed by atoms with Crippen molar-refractivity contribution in [1.82, 2.24) is 5.32 Å². The molecule has 6 nitrogen and oxygen atoms in total. The highest BCUT2D eigenvalue weighted by Crippen LogP contribution is 1.99. The fourth-order valence-electron chi connectivity index (χ4n) is 0.960. The molecule has 1 amide bonds. The standard InChI is InChI=1S/C9H17NO5/c1-3-15-8(12)5-4-7(6-11)10-9(13)14-2/h7,11H,3-6H2,1-2H3,(H,10,13)/t7-/m1/s1. The first-order valence-electron chi connectivity index (χ1n) is 4.75. The summed E-state index contributed by atoms with van der Waals surface area (Å²) in [5.41, 5.74) is 0. The lowest BCUT2D eigenvalue weighted by Gasteiger charge is -2.14. The van der Waals surface area contributed by atoms with Gasteiger partial charge in [0.2, 0.25) is 0 Å². The van der Waals surface area contributed by atoms with E-state index in [-0.39, 0.29) is 19.0 Å². The largest absolute Gasteiger partial charge is 0.466 e. The molecule has 0 heterocycles. The van der Waals surface area contributed by atoms with Gasteiger partial charge in [0.15, 0.2) is 0 Å². The Morgan fingerprint density at radius 2 is 2.13 bits per heavy atom. The van der Waals surface area contributed by atoms with E-state index >= 15 is 0 Å². The lowest BCUT2D eigenvalue weighted by molar-refractivity contribution is -0.143. The lowest BCUT2D eigenvalue weighted by atomic mass is 10.2. The first-order chi connectivity index (χ1) is 7.13. The third-order valence-corrected chi connectivity index (χ3v) is 1.73. The van der Waals surface area contributed by atoms with Crippen molar-refractivity contribution in [2.24, 2.45) is 0 Å². The Bertz CT molecular complexity index is 207. The molecule has 0 unspecified atom stereocenters. The number of hydrogen-bond donors (Lipinski definition) is 2. The molecule has 0 aliphatic rings. The van der Waals surface area contributed by atoms with Gasteiger partial charge in [0, 0.05) is 6.42 Å². The second kappa shape index (κ2) is 8.05. The van der Waals surface area contributed by atoms with Crippen LogP contribution < -0.4 is 5.32 Å². The van der Waals surface area contributed by atoms with Gasteiger partial charge in [0.05, 0.1) is 26.4 Å². The van der Waals surface area contributed by atoms with Crippen LogP contribution in [0.1, 0.15) is 19.8 Å². The molecule has 88 valence electrons. The number of alkyl carbamates (subject to hydrolysis) is 1. The van der Waals surface area contributed by atoms with Gasteiger partial charge in [-0.15, -0.1) is 0 Å². The SMILES string of the molecule is CCOC(=O)CC[C@H](CO)NC(=O)OC. The molecule has 0 aliphatic carbocycles. The number of aliphatic hydroxyl groups is 1. The van der Waals surface area contributed by atoms with Crippen molar-refractivity contribution < 1.29 is 24.2 Å². The second-order valence-corrected chi connectivity index (χ2v) is 2.86. The summed E-state index contributed by atoms with van der Waals surface area (Å²) in [5, 5.41) is 11.3. The normalized spacial score (nSPS) is 11.7. The van der Waals surface area contributed by atoms with Crippen LogP contribution in [-0.2, 0) is 14.3 Å². The fraction of sp³-hybridized carbons (Fsp3) is 0.778. The van der Waals surface area contributed by atoms with Crippen LogP contribution in [0.5, 0.6) is 0 Å². The predicted molar refractivity (Wildman–Crippen MR) is 52.3 cm³/mol. The number of nitrogens with one attached hydrogen (secondary N) is 1. The molecule has 0 aromatic rings. The molecule has 0 aromatic carbocycles. The van der Waals surface area contributed by atoms with Crippen LogP contribution in [0.15, 0.2) is 0 Å². The van der Waals surface area contributed by atoms with Gasteiger partial charge in [-0.2, -0.15) is 0 Å². The molecule has 0 saturated heterocycles. The van der Waals surface area contributed by atoms with E-state index in [0.29, 0.717) is 13.0 Å². The van der Waals surface area contributed by atoms with E-state index in [1.54, 1.807) is 6.92 Å². The second-order valence-electron chi connectivity index (χ2n) is 2.86. The average Bonchev–Trinajstić information content (AvgIpc) is 2.24. The Hall–Kier alpha value is -1.30. The Labute approximate surface area is 88.6 Å². The summed E-state index contributed by atoms with van der Waals surface area (Å²) < 4.78 is 9.06. The number of rotatable bonds is 6. The molecule has 0 radical (unpaired) electrons. The van der Waals surface area contributed by atoms with Crippen LogP contribution in [0.3, 0.4) is 0 Å². The molecule has 1 atom stereocenters. The minimum absolute atomic E-state index is 0.156. The van der Waals surface area contributed by atoms with Crippen LogP contribution in [0, 0.1) is 0 Å². The van der Waals surface area contributed by atoms with Crippen LogP contribution in [0.4, 0.5) is 4.79 Å². The molecule has 0 aliphatic heterocycles. The summed E-state index contributed by atoms with van der Waals surface area (Å²) in [4.78, 5) is 21.8. The summed E-state index contributed by atoms with van der Waals surface area (Å²) in [6.07, 6.45) is -0.147. The van der Waals surface area contributed by atoms with Gasteiger partial charge < -0.3 is 19.9 Å². The number of hydrogen-bond acceptors (Lipinski definition) is 5. The van der Waals surface area contributed by atoms with E-state index in [4.69, 9.17) is 9.84 Å². The van der Waals surface area contributed by atoms with E-state index in [9.17, 15) is 9.59 Å². The minimum atomic E-state index is -0.627. The zero-order chi connectivity index (χ0) is 11.7. The molecule has 2 N–H and O–H groups in total. The molecule has 6 heteroatoms. The topological polar surface area (TPSA) is 84.9 Å². The predicted octanol–water partition coefficient (Wildman–Crippen LogP) is 0.0466. The lowest BCUT2D eigenvalue weighted by Crippen LogP contribution is -2.37. The Morgan fingerprint density at radius 1 is 1.47 bits per heavy atom. The van der Waals surface area contributed by atoms with Gasteiger partial charge in [-0.05, 0) is 13.3 Å². The van der Waals surface area contributed by atoms with Gasteiger partial charge in [-0.1, -0.05) is 0 Å². The van der Waals surface area contributed by atoms with E-state index in [0.717, 1.165) is 0 Å². The van der Waals surface area contributed by atoms with Crippen LogP contribution >= 0.6 is 0 Å². The van der Waals surface area contributed by atoms with Crippen molar-refractivity contribution in [3.05, 3.63) is 0 Å². The van der Waals surface area contributed by atoms with E-state index in [1.165, 1.54) is 7.11 Å². The molecule has 0 rings (SSSR count). The number of carbonyl (C=O) groups excluding carboxylic acids is 2. The van der Waals surface area contributed by atoms with Crippen molar-refractivity contribution >= 4 is 12.1 Å². The van der Waals surface area contributed by atoms with Gasteiger partial charge in [-0.3, -0.25) is 4.79 Å². The number of amides is 1. The van der Waals surface area contributed by atoms with Crippen molar-refractivity contribution in [3.63, 3.8) is 0 Å². The summed E-state index contributed by atoms with van der Waals surface area (Å²) >= 11 is 0. The highest BCUT2D eigenvalue weighted by molar-refractivity contribution is 5.70. The summed E-state index contributed by atoms with van der Waals surface area (Å²) in [7, 11) is 1.23. The maximum absolute atomic E-state index is 11.0. The number of ether oxygens (including phenoxy) is 2. The molecule has 0 spiro atoms. The van der Waals surface area contributed by atoms with Crippen LogP contribution in [0.25, 0.3) is 0 Å². The quantitative estimate of drug-likeness (QED) is 0.616. The number of methoxy groups -OCH3 is 1. The molecule has 0 aromatic heterocycles. The highest BCUT2D eigenvalue weighted by atomic mass is 16.5. The number of esters is 1. The van der Waals surface area contributed by atoms with Crippen LogP contribution in [0.2, 0.25) is 0 Å². The third kappa shape index (κ3) is 6.73. The molecule has 0 bridgehead atoms. The van der Waals surface area contributed by atoms with E-state index in [2.05, 4.69) is 10.1 Å². The van der Waals surface area contributed by atoms with Crippen molar-refractivity contribution in [1.29, 1.82) is 0 Å². The zero-order valence-corrected chi connectivity index (χ0v) is 8.99. The number of carbonyl (C=O) groups is 2. The van der Waals surface area contributed by atoms with Crippen molar-refractivity contribution in [2.75, 3.05) is 20.3 Å². The van der Waals surface area contributed by atoms with Gasteiger partial charge >= 0.3 is 12.1 Å². The smallest absolute Gasteiger partial charge is 0.407 e. The maximum Gasteiger partial charge on any atom is 0.407 e. The Morgan fingerprint density at radius 3 is 2.60 bits per heavy atom. The molecule has 15 heavy (non-hydrogen) atoms. The molecular formula is C9H17NO5. The zero-order valence-electron chi connectivity index (χ0n) is 8.99. The molecule has 0 saturated carbocycles. The molecular weight excluding hydrogens is 202 g/mol. The highest BCUT2D eigenvalue weighted by Gasteiger charge is 2.13. The van der Waals surface area contributed by atoms with Gasteiger partial charge in [-0.25, -0.2) is 4.79 Å². The van der Waals surface area contributed by atoms with Crippen molar-refractivity contribution in [3.8, 4) is 0 Å². The van der Waals surface area contributed by atoms with E-state index in [1.807, 2.05) is 0 Å². The minimum Gasteiger partial charge on any atom is -0.466 e. The monoisotopic (exact) mass is 219 g/mol. The van der Waals surface area contributed by atoms with Gasteiger partial charge in [0.25, 0.3) is 0 Å². The maximum atomic E-state index is 11.0. The summed E-state index contributed by atoms with van der Waals surface area (Å²) in [6.45, 7) is 1.80. The fourth-order valence-corrected chi connectivity index (χ4v) is 0.960. The first kappa shape index (κ1) is 13.7. The molecule has 0 fully saturated rings. The van der Waals surface area contributed by atoms with Gasteiger partial charge in [0.1, 0.15) is 0 Å². The Kier molecular flexibility index (Phi) is 7.35. The third-order valence-electron chi connectivity index (χ3n) is 1.73. The Balaban J connectivity index is 3.79. The number of aliphatic hydroxyl groups excluding tert-OH is 1. The summed E-state index contributed by atoms with van der Waals surface area (Å²) in [6, 6.07) is -0.484. The van der Waals surface area contributed by atoms with E-state index < -0.39 is 12.1 Å². The van der Waals surface area contributed by atoms with Crippen molar-refractivity contribution in [2.45, 2.75) is 25.8 Å².